The largest absolute Gasteiger partial charge is 0.508 e. The number of nitrogens with zero attached hydrogens (tertiary/aromatic N) is 3. The first-order valence-corrected chi connectivity index (χ1v) is 7.01. The van der Waals surface area contributed by atoms with E-state index in [1.807, 2.05) is 13.0 Å². The van der Waals surface area contributed by atoms with Gasteiger partial charge in [-0.3, -0.25) is 9.48 Å². The van der Waals surface area contributed by atoms with Gasteiger partial charge in [0.1, 0.15) is 11.4 Å². The van der Waals surface area contributed by atoms with Gasteiger partial charge in [-0.2, -0.15) is 5.10 Å². The van der Waals surface area contributed by atoms with Gasteiger partial charge < -0.3 is 15.7 Å². The topological polar surface area (TPSA) is 84.4 Å². The van der Waals surface area contributed by atoms with Crippen LogP contribution in [0.1, 0.15) is 28.5 Å². The average Bonchev–Trinajstić information content (AvgIpc) is 2.86. The maximum atomic E-state index is 12.7. The van der Waals surface area contributed by atoms with E-state index in [2.05, 4.69) is 5.10 Å². The third-order valence-corrected chi connectivity index (χ3v) is 3.86. The van der Waals surface area contributed by atoms with Gasteiger partial charge in [0.2, 0.25) is 0 Å². The van der Waals surface area contributed by atoms with Crippen LogP contribution in [0.15, 0.2) is 24.4 Å². The van der Waals surface area contributed by atoms with Crippen molar-refractivity contribution in [2.75, 3.05) is 12.3 Å². The number of anilines is 1. The number of rotatable bonds is 2. The zero-order valence-electron chi connectivity index (χ0n) is 11.9. The smallest absolute Gasteiger partial charge is 0.274 e. The maximum Gasteiger partial charge on any atom is 0.274 e. The van der Waals surface area contributed by atoms with Crippen molar-refractivity contribution in [1.82, 2.24) is 14.7 Å². The fourth-order valence-electron chi connectivity index (χ4n) is 2.74. The minimum Gasteiger partial charge on any atom is -0.508 e. The molecule has 2 aromatic rings. The molecule has 6 heteroatoms. The summed E-state index contributed by atoms with van der Waals surface area (Å²) in [4.78, 5) is 14.4. The molecule has 0 unspecified atom stereocenters. The van der Waals surface area contributed by atoms with Crippen LogP contribution in [0.25, 0.3) is 0 Å². The molecule has 1 aliphatic heterocycles. The van der Waals surface area contributed by atoms with E-state index in [0.29, 0.717) is 31.0 Å². The molecule has 0 radical (unpaired) electrons. The van der Waals surface area contributed by atoms with Crippen LogP contribution in [0.2, 0.25) is 0 Å². The first-order chi connectivity index (χ1) is 10.1. The third-order valence-electron chi connectivity index (χ3n) is 3.86. The van der Waals surface area contributed by atoms with Crippen molar-refractivity contribution < 1.29 is 9.90 Å². The van der Waals surface area contributed by atoms with E-state index < -0.39 is 0 Å². The van der Waals surface area contributed by atoms with E-state index in [-0.39, 0.29) is 11.7 Å². The monoisotopic (exact) mass is 286 g/mol. The molecule has 2 heterocycles. The Morgan fingerprint density at radius 2 is 2.24 bits per heavy atom. The Balaban J connectivity index is 1.88. The molecular formula is C15H18N4O2. The summed E-state index contributed by atoms with van der Waals surface area (Å²) in [6.45, 7) is 3.65. The normalized spacial score (nSPS) is 14.0. The molecule has 1 aromatic heterocycles. The summed E-state index contributed by atoms with van der Waals surface area (Å²) in [6, 6.07) is 5.31. The lowest BCUT2D eigenvalue weighted by molar-refractivity contribution is 0.0723. The average molecular weight is 286 g/mol. The SMILES string of the molecule is CCn1ncc(N)c1C(=O)N1CCc2ccc(O)cc2C1. The van der Waals surface area contributed by atoms with Crippen molar-refractivity contribution in [2.45, 2.75) is 26.4 Å². The van der Waals surface area contributed by atoms with Crippen molar-refractivity contribution in [2.24, 2.45) is 0 Å². The summed E-state index contributed by atoms with van der Waals surface area (Å²) < 4.78 is 1.62. The number of nitrogens with two attached hydrogens (primary N) is 1. The van der Waals surface area contributed by atoms with Crippen LogP contribution >= 0.6 is 0 Å². The van der Waals surface area contributed by atoms with Crippen molar-refractivity contribution in [3.05, 3.63) is 41.2 Å². The van der Waals surface area contributed by atoms with Gasteiger partial charge >= 0.3 is 0 Å². The lowest BCUT2D eigenvalue weighted by atomic mass is 9.99. The molecule has 21 heavy (non-hydrogen) atoms. The summed E-state index contributed by atoms with van der Waals surface area (Å²) in [5.41, 5.74) is 8.88. The maximum absolute atomic E-state index is 12.7. The lowest BCUT2D eigenvalue weighted by Crippen LogP contribution is -2.37. The number of aryl methyl sites for hydroxylation is 1. The zero-order chi connectivity index (χ0) is 15.0. The fourth-order valence-corrected chi connectivity index (χ4v) is 2.74. The number of aromatic nitrogens is 2. The Morgan fingerprint density at radius 3 is 3.00 bits per heavy atom. The van der Waals surface area contributed by atoms with Gasteiger partial charge in [0, 0.05) is 19.6 Å². The van der Waals surface area contributed by atoms with Crippen LogP contribution in [0, 0.1) is 0 Å². The number of benzene rings is 1. The van der Waals surface area contributed by atoms with Crippen LogP contribution in [0.5, 0.6) is 5.75 Å². The van der Waals surface area contributed by atoms with E-state index in [4.69, 9.17) is 5.73 Å². The second-order valence-electron chi connectivity index (χ2n) is 5.19. The van der Waals surface area contributed by atoms with Gasteiger partial charge in [0.15, 0.2) is 0 Å². The lowest BCUT2D eigenvalue weighted by Gasteiger charge is -2.29. The molecule has 1 aromatic carbocycles. The minimum atomic E-state index is -0.110. The number of carbonyl (C=O) groups excluding carboxylic acids is 1. The van der Waals surface area contributed by atoms with E-state index in [1.54, 1.807) is 21.7 Å². The summed E-state index contributed by atoms with van der Waals surface area (Å²) in [7, 11) is 0. The highest BCUT2D eigenvalue weighted by Gasteiger charge is 2.26. The van der Waals surface area contributed by atoms with Crippen LogP contribution in [-0.2, 0) is 19.5 Å². The quantitative estimate of drug-likeness (QED) is 0.873. The second kappa shape index (κ2) is 5.12. The molecule has 0 saturated heterocycles. The highest BCUT2D eigenvalue weighted by molar-refractivity contribution is 5.97. The highest BCUT2D eigenvalue weighted by atomic mass is 16.3. The van der Waals surface area contributed by atoms with Crippen LogP contribution < -0.4 is 5.73 Å². The number of carbonyl (C=O) groups is 1. The molecular weight excluding hydrogens is 268 g/mol. The molecule has 0 spiro atoms. The van der Waals surface area contributed by atoms with Gasteiger partial charge in [-0.25, -0.2) is 0 Å². The van der Waals surface area contributed by atoms with Gasteiger partial charge in [0.05, 0.1) is 11.9 Å². The Bertz CT molecular complexity index is 693. The van der Waals surface area contributed by atoms with Crippen molar-refractivity contribution >= 4 is 11.6 Å². The fraction of sp³-hybridized carbons (Fsp3) is 0.333. The zero-order valence-corrected chi connectivity index (χ0v) is 11.9. The molecule has 0 aliphatic carbocycles. The van der Waals surface area contributed by atoms with Crippen LogP contribution in [0.3, 0.4) is 0 Å². The standard InChI is InChI=1S/C15H18N4O2/c1-2-19-14(13(16)8-17-19)15(21)18-6-5-10-3-4-12(20)7-11(10)9-18/h3-4,7-8,20H,2,5-6,9,16H2,1H3. The molecule has 0 fully saturated rings. The van der Waals surface area contributed by atoms with E-state index in [1.165, 1.54) is 11.8 Å². The first kappa shape index (κ1) is 13.5. The minimum absolute atomic E-state index is 0.110. The number of phenolic OH excluding ortho intramolecular Hbond substituents is 1. The molecule has 6 nitrogen and oxygen atoms in total. The number of hydrogen-bond acceptors (Lipinski definition) is 4. The third kappa shape index (κ3) is 2.33. The van der Waals surface area contributed by atoms with Crippen LogP contribution in [-0.4, -0.2) is 32.2 Å². The summed E-state index contributed by atoms with van der Waals surface area (Å²) in [5.74, 6) is 0.113. The summed E-state index contributed by atoms with van der Waals surface area (Å²) in [5, 5.41) is 13.7. The first-order valence-electron chi connectivity index (χ1n) is 7.01. The van der Waals surface area contributed by atoms with Crippen molar-refractivity contribution in [1.29, 1.82) is 0 Å². The molecule has 0 saturated carbocycles. The summed E-state index contributed by atoms with van der Waals surface area (Å²) in [6.07, 6.45) is 2.29. The molecule has 110 valence electrons. The van der Waals surface area contributed by atoms with Crippen molar-refractivity contribution in [3.8, 4) is 5.75 Å². The van der Waals surface area contributed by atoms with Crippen LogP contribution in [0.4, 0.5) is 5.69 Å². The number of hydrogen-bond donors (Lipinski definition) is 2. The van der Waals surface area contributed by atoms with Gasteiger partial charge in [-0.15, -0.1) is 0 Å². The van der Waals surface area contributed by atoms with Gasteiger partial charge in [-0.1, -0.05) is 6.07 Å². The number of fused-ring (bicyclic) bond motifs is 1. The number of amides is 1. The van der Waals surface area contributed by atoms with Gasteiger partial charge in [0.25, 0.3) is 5.91 Å². The van der Waals surface area contributed by atoms with E-state index >= 15 is 0 Å². The predicted octanol–water partition coefficient (Wildman–Crippen LogP) is 1.39. The molecule has 0 atom stereocenters. The van der Waals surface area contributed by atoms with Gasteiger partial charge in [-0.05, 0) is 36.6 Å². The van der Waals surface area contributed by atoms with E-state index in [0.717, 1.165) is 12.0 Å². The Hall–Kier alpha value is -2.50. The molecule has 3 rings (SSSR count). The van der Waals surface area contributed by atoms with E-state index in [9.17, 15) is 9.90 Å². The molecule has 3 N–H and O–H groups in total. The number of phenols is 1. The Labute approximate surface area is 122 Å². The second-order valence-corrected chi connectivity index (χ2v) is 5.19. The predicted molar refractivity (Wildman–Crippen MR) is 78.9 cm³/mol. The van der Waals surface area contributed by atoms with Crippen molar-refractivity contribution in [3.63, 3.8) is 0 Å². The molecule has 0 bridgehead atoms. The Morgan fingerprint density at radius 1 is 1.43 bits per heavy atom. The Kier molecular flexibility index (Phi) is 3.29. The molecule has 1 amide bonds. The number of nitrogen functional groups attached to an aromatic ring is 1. The number of aromatic hydroxyl groups is 1. The molecule has 1 aliphatic rings. The highest BCUT2D eigenvalue weighted by Crippen LogP contribution is 2.25. The summed E-state index contributed by atoms with van der Waals surface area (Å²) >= 11 is 0.